The summed E-state index contributed by atoms with van der Waals surface area (Å²) in [5.41, 5.74) is 2.41. The maximum atomic E-state index is 12.6. The van der Waals surface area contributed by atoms with Gasteiger partial charge in [0, 0.05) is 0 Å². The van der Waals surface area contributed by atoms with Gasteiger partial charge >= 0.3 is 11.8 Å². The molecule has 1 aromatic carbocycles. The zero-order valence-corrected chi connectivity index (χ0v) is 8.66. The van der Waals surface area contributed by atoms with Crippen LogP contribution in [0.15, 0.2) is 24.3 Å². The summed E-state index contributed by atoms with van der Waals surface area (Å²) in [7, 11) is 0. The first-order valence-electron chi connectivity index (χ1n) is 4.61. The molecule has 16 heavy (non-hydrogen) atoms. The van der Waals surface area contributed by atoms with Gasteiger partial charge < -0.3 is 5.32 Å². The second-order valence-electron chi connectivity index (χ2n) is 3.22. The van der Waals surface area contributed by atoms with Crippen LogP contribution in [-0.4, -0.2) is 11.8 Å². The van der Waals surface area contributed by atoms with Crippen LogP contribution in [0, 0.1) is 5.82 Å². The number of nitrogens with one attached hydrogen (secondary N) is 2. The summed E-state index contributed by atoms with van der Waals surface area (Å²) in [6, 6.07) is 5.22. The minimum atomic E-state index is -0.922. The summed E-state index contributed by atoms with van der Waals surface area (Å²) in [6.07, 6.45) is 0. The zero-order valence-electron chi connectivity index (χ0n) is 8.66. The molecule has 5 nitrogen and oxygen atoms in total. The number of carbonyl (C=O) groups is 2. The second kappa shape index (κ2) is 5.22. The van der Waals surface area contributed by atoms with Gasteiger partial charge in [0.15, 0.2) is 0 Å². The van der Waals surface area contributed by atoms with Gasteiger partial charge in [0.05, 0.1) is 6.04 Å². The van der Waals surface area contributed by atoms with Crippen molar-refractivity contribution in [3.8, 4) is 0 Å². The van der Waals surface area contributed by atoms with Crippen LogP contribution in [0.3, 0.4) is 0 Å². The number of hydrogen-bond donors (Lipinski definition) is 3. The van der Waals surface area contributed by atoms with Crippen LogP contribution in [0.25, 0.3) is 0 Å². The zero-order chi connectivity index (χ0) is 12.1. The van der Waals surface area contributed by atoms with E-state index in [1.54, 1.807) is 12.3 Å². The first-order chi connectivity index (χ1) is 7.54. The molecule has 6 heteroatoms. The summed E-state index contributed by atoms with van der Waals surface area (Å²) >= 11 is 0. The number of hydrazine groups is 1. The number of rotatable bonds is 2. The maximum absolute atomic E-state index is 12.6. The lowest BCUT2D eigenvalue weighted by molar-refractivity contribution is -0.139. The highest BCUT2D eigenvalue weighted by molar-refractivity contribution is 6.34. The lowest BCUT2D eigenvalue weighted by atomic mass is 10.1. The van der Waals surface area contributed by atoms with Crippen LogP contribution in [0.4, 0.5) is 4.39 Å². The lowest BCUT2D eigenvalue weighted by Gasteiger charge is -2.13. The molecule has 0 aliphatic rings. The van der Waals surface area contributed by atoms with E-state index in [9.17, 15) is 14.0 Å². The van der Waals surface area contributed by atoms with Crippen molar-refractivity contribution in [3.63, 3.8) is 0 Å². The second-order valence-corrected chi connectivity index (χ2v) is 3.22. The summed E-state index contributed by atoms with van der Waals surface area (Å²) in [4.78, 5) is 22.0. The fourth-order valence-corrected chi connectivity index (χ4v) is 1.16. The Morgan fingerprint density at radius 3 is 2.31 bits per heavy atom. The number of carbonyl (C=O) groups excluding carboxylic acids is 2. The van der Waals surface area contributed by atoms with Crippen molar-refractivity contribution in [2.45, 2.75) is 13.0 Å². The molecule has 1 atom stereocenters. The van der Waals surface area contributed by atoms with Gasteiger partial charge in [0.25, 0.3) is 0 Å². The molecule has 0 bridgehead atoms. The van der Waals surface area contributed by atoms with E-state index in [-0.39, 0.29) is 5.82 Å². The van der Waals surface area contributed by atoms with E-state index in [4.69, 9.17) is 5.84 Å². The Morgan fingerprint density at radius 1 is 1.25 bits per heavy atom. The average Bonchev–Trinajstić information content (AvgIpc) is 2.28. The molecule has 0 fully saturated rings. The van der Waals surface area contributed by atoms with Crippen LogP contribution in [0.1, 0.15) is 18.5 Å². The van der Waals surface area contributed by atoms with E-state index in [2.05, 4.69) is 5.32 Å². The molecule has 1 unspecified atom stereocenters. The smallest absolute Gasteiger partial charge is 0.323 e. The van der Waals surface area contributed by atoms with Crippen molar-refractivity contribution in [2.75, 3.05) is 0 Å². The van der Waals surface area contributed by atoms with Crippen molar-refractivity contribution in [3.05, 3.63) is 35.6 Å². The minimum Gasteiger partial charge on any atom is -0.341 e. The standard InChI is InChI=1S/C10H12FN3O2/c1-6(13-9(15)10(16)14-12)7-2-4-8(11)5-3-7/h2-6H,12H2,1H3,(H,13,15)(H,14,16). The van der Waals surface area contributed by atoms with Gasteiger partial charge in [-0.3, -0.25) is 15.0 Å². The van der Waals surface area contributed by atoms with Crippen molar-refractivity contribution in [1.29, 1.82) is 0 Å². The van der Waals surface area contributed by atoms with E-state index < -0.39 is 17.9 Å². The topological polar surface area (TPSA) is 84.2 Å². The van der Waals surface area contributed by atoms with Crippen LogP contribution in [-0.2, 0) is 9.59 Å². The molecule has 1 aromatic rings. The Morgan fingerprint density at radius 2 is 1.81 bits per heavy atom. The van der Waals surface area contributed by atoms with E-state index in [1.807, 2.05) is 0 Å². The highest BCUT2D eigenvalue weighted by Gasteiger charge is 2.15. The Bertz CT molecular complexity index is 392. The predicted octanol–water partition coefficient (Wildman–Crippen LogP) is -0.00720. The highest BCUT2D eigenvalue weighted by Crippen LogP contribution is 2.12. The van der Waals surface area contributed by atoms with Crippen molar-refractivity contribution in [1.82, 2.24) is 10.7 Å². The monoisotopic (exact) mass is 225 g/mol. The molecular formula is C10H12FN3O2. The Labute approximate surface area is 91.8 Å². The molecule has 0 aromatic heterocycles. The van der Waals surface area contributed by atoms with E-state index in [1.165, 1.54) is 24.3 Å². The molecule has 0 aliphatic heterocycles. The van der Waals surface area contributed by atoms with Crippen molar-refractivity contribution >= 4 is 11.8 Å². The number of amides is 2. The van der Waals surface area contributed by atoms with Crippen LogP contribution in [0.5, 0.6) is 0 Å². The molecule has 0 spiro atoms. The fraction of sp³-hybridized carbons (Fsp3) is 0.200. The molecule has 2 amide bonds. The highest BCUT2D eigenvalue weighted by atomic mass is 19.1. The quantitative estimate of drug-likeness (QED) is 0.286. The minimum absolute atomic E-state index is 0.359. The number of halogens is 1. The normalized spacial score (nSPS) is 11.7. The summed E-state index contributed by atoms with van der Waals surface area (Å²) < 4.78 is 12.6. The van der Waals surface area contributed by atoms with Gasteiger partial charge in [0.1, 0.15) is 5.82 Å². The van der Waals surface area contributed by atoms with Gasteiger partial charge in [-0.1, -0.05) is 12.1 Å². The summed E-state index contributed by atoms with van der Waals surface area (Å²) in [5, 5.41) is 2.41. The number of hydrogen-bond acceptors (Lipinski definition) is 3. The Balaban J connectivity index is 2.65. The third-order valence-electron chi connectivity index (χ3n) is 2.05. The summed E-state index contributed by atoms with van der Waals surface area (Å²) in [5.74, 6) is 2.68. The molecule has 0 saturated carbocycles. The average molecular weight is 225 g/mol. The molecule has 0 heterocycles. The largest absolute Gasteiger partial charge is 0.341 e. The van der Waals surface area contributed by atoms with E-state index >= 15 is 0 Å². The van der Waals surface area contributed by atoms with Crippen molar-refractivity contribution in [2.24, 2.45) is 5.84 Å². The molecular weight excluding hydrogens is 213 g/mol. The molecule has 0 aliphatic carbocycles. The van der Waals surface area contributed by atoms with Crippen LogP contribution in [0.2, 0.25) is 0 Å². The Hall–Kier alpha value is -1.95. The van der Waals surface area contributed by atoms with E-state index in [0.29, 0.717) is 5.56 Å². The predicted molar refractivity (Wildman–Crippen MR) is 55.3 cm³/mol. The molecule has 0 radical (unpaired) electrons. The SMILES string of the molecule is CC(NC(=O)C(=O)NN)c1ccc(F)cc1. The van der Waals surface area contributed by atoms with Crippen LogP contribution < -0.4 is 16.6 Å². The fourth-order valence-electron chi connectivity index (χ4n) is 1.16. The van der Waals surface area contributed by atoms with Gasteiger partial charge in [-0.15, -0.1) is 0 Å². The maximum Gasteiger partial charge on any atom is 0.323 e. The first kappa shape index (κ1) is 12.1. The third-order valence-corrected chi connectivity index (χ3v) is 2.05. The van der Waals surface area contributed by atoms with Crippen molar-refractivity contribution < 1.29 is 14.0 Å². The lowest BCUT2D eigenvalue weighted by Crippen LogP contribution is -2.43. The Kier molecular flexibility index (Phi) is 3.96. The van der Waals surface area contributed by atoms with Gasteiger partial charge in [-0.2, -0.15) is 0 Å². The van der Waals surface area contributed by atoms with Gasteiger partial charge in [-0.25, -0.2) is 10.2 Å². The number of benzene rings is 1. The van der Waals surface area contributed by atoms with E-state index in [0.717, 1.165) is 0 Å². The first-order valence-corrected chi connectivity index (χ1v) is 4.61. The van der Waals surface area contributed by atoms with Crippen LogP contribution >= 0.6 is 0 Å². The molecule has 0 saturated heterocycles. The number of nitrogens with two attached hydrogens (primary N) is 1. The third kappa shape index (κ3) is 3.03. The molecule has 86 valence electrons. The summed E-state index contributed by atoms with van der Waals surface area (Å²) in [6.45, 7) is 1.68. The van der Waals surface area contributed by atoms with Gasteiger partial charge in [-0.05, 0) is 24.6 Å². The molecule has 4 N–H and O–H groups in total. The van der Waals surface area contributed by atoms with Gasteiger partial charge in [0.2, 0.25) is 0 Å². The molecule has 1 rings (SSSR count).